The van der Waals surface area contributed by atoms with Crippen molar-refractivity contribution in [2.24, 2.45) is 10.4 Å². The van der Waals surface area contributed by atoms with Gasteiger partial charge in [-0.15, -0.1) is 0 Å². The number of hydrogen-bond donors (Lipinski definition) is 2. The van der Waals surface area contributed by atoms with E-state index < -0.39 is 0 Å². The van der Waals surface area contributed by atoms with E-state index >= 15 is 0 Å². The van der Waals surface area contributed by atoms with Gasteiger partial charge >= 0.3 is 0 Å². The first-order valence-corrected chi connectivity index (χ1v) is 6.55. The number of guanidine groups is 1. The predicted octanol–water partition coefficient (Wildman–Crippen LogP) is 2.97. The maximum atomic E-state index is 8.75. The topological polar surface area (TPSA) is 69.4 Å². The fourth-order valence-corrected chi connectivity index (χ4v) is 1.48. The predicted molar refractivity (Wildman–Crippen MR) is 81.7 cm³/mol. The molecule has 0 aliphatic carbocycles. The lowest BCUT2D eigenvalue weighted by Gasteiger charge is -2.16. The maximum Gasteiger partial charge on any atom is 0.209 e. The molecule has 0 amide bonds. The van der Waals surface area contributed by atoms with Crippen LogP contribution in [-0.2, 0) is 0 Å². The van der Waals surface area contributed by atoms with Gasteiger partial charge in [-0.1, -0.05) is 20.8 Å². The molecule has 1 aromatic rings. The zero-order chi connectivity index (χ0) is 15.0. The number of nitrogens with zero attached hydrogens (tertiary/aromatic N) is 2. The molecule has 2 N–H and O–H groups in total. The fraction of sp³-hybridized carbons (Fsp3) is 0.467. The molecule has 1 aromatic carbocycles. The van der Waals surface area contributed by atoms with E-state index in [-0.39, 0.29) is 5.41 Å². The first-order chi connectivity index (χ1) is 9.44. The second kappa shape index (κ2) is 7.39. The third-order valence-electron chi connectivity index (χ3n) is 2.66. The summed E-state index contributed by atoms with van der Waals surface area (Å²) in [6.07, 6.45) is 2.84. The quantitative estimate of drug-likeness (QED) is 0.383. The minimum atomic E-state index is 0.224. The Morgan fingerprint density at radius 3 is 2.45 bits per heavy atom. The standard InChI is InChI=1S/C15H22N4O/c1-15(2,3)9-10-17-14(18-11-16)19-12-5-7-13(20-4)8-6-12/h5-8H,9-10H2,1-4H3,(H2,17,18,19). The lowest BCUT2D eigenvalue weighted by atomic mass is 9.93. The van der Waals surface area contributed by atoms with E-state index in [1.807, 2.05) is 30.5 Å². The molecular weight excluding hydrogens is 252 g/mol. The Bertz CT molecular complexity index is 480. The molecule has 0 saturated heterocycles. The third-order valence-corrected chi connectivity index (χ3v) is 2.66. The van der Waals surface area contributed by atoms with Crippen molar-refractivity contribution in [1.82, 2.24) is 5.32 Å². The summed E-state index contributed by atoms with van der Waals surface area (Å²) >= 11 is 0. The molecule has 0 heterocycles. The summed E-state index contributed by atoms with van der Waals surface area (Å²) in [6.45, 7) is 7.15. The van der Waals surface area contributed by atoms with Crippen molar-refractivity contribution < 1.29 is 4.74 Å². The highest BCUT2D eigenvalue weighted by atomic mass is 16.5. The van der Waals surface area contributed by atoms with Gasteiger partial charge in [0.15, 0.2) is 6.19 Å². The second-order valence-electron chi connectivity index (χ2n) is 5.63. The average molecular weight is 274 g/mol. The molecule has 0 saturated carbocycles. The van der Waals surface area contributed by atoms with Crippen molar-refractivity contribution in [2.75, 3.05) is 19.0 Å². The minimum Gasteiger partial charge on any atom is -0.497 e. The lowest BCUT2D eigenvalue weighted by molar-refractivity contribution is 0.385. The number of rotatable bonds is 4. The molecule has 0 bridgehead atoms. The summed E-state index contributed by atoms with van der Waals surface area (Å²) in [5.74, 6) is 1.25. The Kier molecular flexibility index (Phi) is 5.85. The number of benzene rings is 1. The molecule has 0 aromatic heterocycles. The normalized spacial score (nSPS) is 11.7. The van der Waals surface area contributed by atoms with E-state index in [0.29, 0.717) is 12.5 Å². The summed E-state index contributed by atoms with van der Waals surface area (Å²) in [6, 6.07) is 7.44. The van der Waals surface area contributed by atoms with Gasteiger partial charge in [0, 0.05) is 12.2 Å². The smallest absolute Gasteiger partial charge is 0.209 e. The van der Waals surface area contributed by atoms with Gasteiger partial charge in [0.1, 0.15) is 5.75 Å². The molecule has 20 heavy (non-hydrogen) atoms. The van der Waals surface area contributed by atoms with Crippen LogP contribution < -0.4 is 15.4 Å². The summed E-state index contributed by atoms with van der Waals surface area (Å²) in [5, 5.41) is 14.4. The Labute approximate surface area is 120 Å². The molecular formula is C15H22N4O. The highest BCUT2D eigenvalue weighted by Gasteiger charge is 2.09. The number of nitrogens with one attached hydrogen (secondary N) is 2. The number of nitriles is 1. The van der Waals surface area contributed by atoms with Crippen LogP contribution in [0.2, 0.25) is 0 Å². The Morgan fingerprint density at radius 1 is 1.30 bits per heavy atom. The van der Waals surface area contributed by atoms with Crippen molar-refractivity contribution in [3.8, 4) is 11.9 Å². The van der Waals surface area contributed by atoms with Crippen LogP contribution >= 0.6 is 0 Å². The summed E-state index contributed by atoms with van der Waals surface area (Å²) in [5.41, 5.74) is 1.07. The van der Waals surface area contributed by atoms with Gasteiger partial charge in [-0.05, 0) is 36.1 Å². The number of ether oxygens (including phenoxy) is 1. The monoisotopic (exact) mass is 274 g/mol. The molecule has 0 unspecified atom stereocenters. The molecule has 0 atom stereocenters. The number of aliphatic imine (C=N–C) groups is 1. The van der Waals surface area contributed by atoms with E-state index in [9.17, 15) is 0 Å². The van der Waals surface area contributed by atoms with Gasteiger partial charge in [0.2, 0.25) is 5.96 Å². The van der Waals surface area contributed by atoms with Crippen LogP contribution in [0.1, 0.15) is 27.2 Å². The van der Waals surface area contributed by atoms with E-state index in [1.54, 1.807) is 7.11 Å². The highest BCUT2D eigenvalue weighted by molar-refractivity contribution is 5.94. The molecule has 0 radical (unpaired) electrons. The summed E-state index contributed by atoms with van der Waals surface area (Å²) in [7, 11) is 1.62. The van der Waals surface area contributed by atoms with Crippen LogP contribution in [0, 0.1) is 16.9 Å². The van der Waals surface area contributed by atoms with Crippen molar-refractivity contribution in [1.29, 1.82) is 5.26 Å². The third kappa shape index (κ3) is 6.10. The van der Waals surface area contributed by atoms with Gasteiger partial charge in [-0.3, -0.25) is 10.3 Å². The minimum absolute atomic E-state index is 0.224. The van der Waals surface area contributed by atoms with Crippen LogP contribution in [0.5, 0.6) is 5.75 Å². The lowest BCUT2D eigenvalue weighted by Crippen LogP contribution is -2.27. The zero-order valence-electron chi connectivity index (χ0n) is 12.5. The van der Waals surface area contributed by atoms with Crippen molar-refractivity contribution >= 4 is 11.6 Å². The molecule has 108 valence electrons. The summed E-state index contributed by atoms with van der Waals surface area (Å²) in [4.78, 5) is 4.38. The van der Waals surface area contributed by atoms with Gasteiger partial charge in [0.05, 0.1) is 7.11 Å². The Morgan fingerprint density at radius 2 is 1.95 bits per heavy atom. The number of methoxy groups -OCH3 is 1. The SMILES string of the molecule is COc1ccc(NC(=NCCC(C)(C)C)NC#N)cc1. The molecule has 0 aliphatic heterocycles. The summed E-state index contributed by atoms with van der Waals surface area (Å²) < 4.78 is 5.10. The maximum absolute atomic E-state index is 8.75. The average Bonchev–Trinajstić information content (AvgIpc) is 2.38. The van der Waals surface area contributed by atoms with E-state index in [2.05, 4.69) is 36.4 Å². The van der Waals surface area contributed by atoms with E-state index in [0.717, 1.165) is 17.9 Å². The number of anilines is 1. The van der Waals surface area contributed by atoms with Crippen molar-refractivity contribution in [3.05, 3.63) is 24.3 Å². The Balaban J connectivity index is 2.66. The molecule has 1 rings (SSSR count). The van der Waals surface area contributed by atoms with Crippen LogP contribution in [0.25, 0.3) is 0 Å². The molecule has 0 spiro atoms. The largest absolute Gasteiger partial charge is 0.497 e. The van der Waals surface area contributed by atoms with Crippen molar-refractivity contribution in [2.45, 2.75) is 27.2 Å². The van der Waals surface area contributed by atoms with Gasteiger partial charge in [-0.2, -0.15) is 5.26 Å². The van der Waals surface area contributed by atoms with Gasteiger partial charge in [0.25, 0.3) is 0 Å². The highest BCUT2D eigenvalue weighted by Crippen LogP contribution is 2.18. The van der Waals surface area contributed by atoms with Gasteiger partial charge in [-0.25, -0.2) is 0 Å². The van der Waals surface area contributed by atoms with Crippen molar-refractivity contribution in [3.63, 3.8) is 0 Å². The molecule has 0 fully saturated rings. The van der Waals surface area contributed by atoms with Crippen LogP contribution in [0.4, 0.5) is 5.69 Å². The first-order valence-electron chi connectivity index (χ1n) is 6.55. The van der Waals surface area contributed by atoms with Gasteiger partial charge < -0.3 is 10.1 Å². The van der Waals surface area contributed by atoms with E-state index in [4.69, 9.17) is 10.00 Å². The molecule has 5 nitrogen and oxygen atoms in total. The Hall–Kier alpha value is -2.22. The van der Waals surface area contributed by atoms with Crippen LogP contribution in [0.3, 0.4) is 0 Å². The van der Waals surface area contributed by atoms with E-state index in [1.165, 1.54) is 0 Å². The molecule has 0 aliphatic rings. The number of hydrogen-bond acceptors (Lipinski definition) is 3. The second-order valence-corrected chi connectivity index (χ2v) is 5.63. The molecule has 5 heteroatoms. The zero-order valence-corrected chi connectivity index (χ0v) is 12.5. The fourth-order valence-electron chi connectivity index (χ4n) is 1.48. The van der Waals surface area contributed by atoms with Crippen LogP contribution in [0.15, 0.2) is 29.3 Å². The first kappa shape index (κ1) is 15.8. The van der Waals surface area contributed by atoms with Crippen LogP contribution in [-0.4, -0.2) is 19.6 Å².